The smallest absolute Gasteiger partial charge is 0.187 e. The third-order valence-electron chi connectivity index (χ3n) is 2.22. The molecule has 17 heavy (non-hydrogen) atoms. The predicted octanol–water partition coefficient (Wildman–Crippen LogP) is 0.409. The molecule has 7 heteroatoms. The largest absolute Gasteiger partial charge is 0.398 e. The van der Waals surface area contributed by atoms with Gasteiger partial charge in [0.2, 0.25) is 0 Å². The van der Waals surface area contributed by atoms with Crippen molar-refractivity contribution in [3.05, 3.63) is 29.6 Å². The van der Waals surface area contributed by atoms with Crippen LogP contribution in [0.2, 0.25) is 0 Å². The Morgan fingerprint density at radius 2 is 2.24 bits per heavy atom. The van der Waals surface area contributed by atoms with E-state index in [9.17, 15) is 4.21 Å². The molecule has 0 spiro atoms. The van der Waals surface area contributed by atoms with Crippen LogP contribution in [0.1, 0.15) is 11.4 Å². The highest BCUT2D eigenvalue weighted by molar-refractivity contribution is 7.84. The van der Waals surface area contributed by atoms with Crippen LogP contribution in [0.25, 0.3) is 0 Å². The molecular formula is C10H13N5OS. The number of nitrogens with zero attached hydrogens (tertiary/aromatic N) is 4. The zero-order chi connectivity index (χ0) is 12.4. The molecule has 1 atom stereocenters. The first-order valence-corrected chi connectivity index (χ1v) is 6.35. The average molecular weight is 251 g/mol. The van der Waals surface area contributed by atoms with Crippen molar-refractivity contribution in [1.82, 2.24) is 20.2 Å². The zero-order valence-corrected chi connectivity index (χ0v) is 10.4. The van der Waals surface area contributed by atoms with Crippen molar-refractivity contribution in [2.45, 2.75) is 17.6 Å². The van der Waals surface area contributed by atoms with Crippen LogP contribution in [-0.4, -0.2) is 24.4 Å². The highest BCUT2D eigenvalue weighted by Crippen LogP contribution is 2.19. The summed E-state index contributed by atoms with van der Waals surface area (Å²) in [6, 6.07) is 5.46. The Balaban J connectivity index is 2.22. The van der Waals surface area contributed by atoms with Crippen LogP contribution in [0, 0.1) is 6.92 Å². The number of rotatable bonds is 3. The van der Waals surface area contributed by atoms with Gasteiger partial charge in [-0.1, -0.05) is 6.07 Å². The molecule has 2 N–H and O–H groups in total. The number of tetrazole rings is 1. The molecule has 1 aromatic heterocycles. The first-order chi connectivity index (χ1) is 8.06. The van der Waals surface area contributed by atoms with Crippen LogP contribution in [0.4, 0.5) is 5.69 Å². The van der Waals surface area contributed by atoms with Crippen LogP contribution < -0.4 is 5.73 Å². The van der Waals surface area contributed by atoms with Gasteiger partial charge < -0.3 is 5.73 Å². The number of anilines is 1. The first kappa shape index (κ1) is 11.7. The molecule has 90 valence electrons. The topological polar surface area (TPSA) is 86.7 Å². The van der Waals surface area contributed by atoms with Gasteiger partial charge in [0.05, 0.1) is 28.5 Å². The minimum Gasteiger partial charge on any atom is -0.398 e. The molecule has 0 aliphatic heterocycles. The van der Waals surface area contributed by atoms with E-state index in [1.165, 1.54) is 4.80 Å². The number of hydrogen-bond acceptors (Lipinski definition) is 5. The molecule has 0 saturated heterocycles. The predicted molar refractivity (Wildman–Crippen MR) is 64.5 cm³/mol. The van der Waals surface area contributed by atoms with Gasteiger partial charge >= 0.3 is 0 Å². The lowest BCUT2D eigenvalue weighted by molar-refractivity contribution is 0.628. The molecule has 0 amide bonds. The molecule has 0 aliphatic carbocycles. The van der Waals surface area contributed by atoms with Gasteiger partial charge in [-0.25, -0.2) is 0 Å². The molecule has 1 heterocycles. The third kappa shape index (κ3) is 2.68. The van der Waals surface area contributed by atoms with Gasteiger partial charge in [-0.15, -0.1) is 10.2 Å². The summed E-state index contributed by atoms with van der Waals surface area (Å²) in [5.41, 5.74) is 7.34. The Morgan fingerprint density at radius 1 is 1.47 bits per heavy atom. The zero-order valence-electron chi connectivity index (χ0n) is 9.62. The Kier molecular flexibility index (Phi) is 3.19. The second kappa shape index (κ2) is 4.62. The summed E-state index contributed by atoms with van der Waals surface area (Å²) >= 11 is 0. The third-order valence-corrected chi connectivity index (χ3v) is 3.59. The van der Waals surface area contributed by atoms with E-state index in [-0.39, 0.29) is 5.75 Å². The highest BCUT2D eigenvalue weighted by atomic mass is 32.2. The Labute approximate surface area is 101 Å². The summed E-state index contributed by atoms with van der Waals surface area (Å²) in [7, 11) is 0.421. The molecule has 2 aromatic rings. The van der Waals surface area contributed by atoms with Crippen molar-refractivity contribution >= 4 is 16.5 Å². The summed E-state index contributed by atoms with van der Waals surface area (Å²) < 4.78 is 12.1. The molecule has 0 saturated carbocycles. The number of nitrogen functional groups attached to an aromatic ring is 1. The van der Waals surface area contributed by atoms with Crippen LogP contribution >= 0.6 is 0 Å². The van der Waals surface area contributed by atoms with Crippen LogP contribution in [0.3, 0.4) is 0 Å². The van der Waals surface area contributed by atoms with Crippen molar-refractivity contribution < 1.29 is 4.21 Å². The second-order valence-corrected chi connectivity index (χ2v) is 5.15. The van der Waals surface area contributed by atoms with Gasteiger partial charge in [-0.2, -0.15) is 4.80 Å². The van der Waals surface area contributed by atoms with E-state index >= 15 is 0 Å². The lowest BCUT2D eigenvalue weighted by atomic mass is 10.2. The summed E-state index contributed by atoms with van der Waals surface area (Å²) in [6.07, 6.45) is 0. The molecular weight excluding hydrogens is 238 g/mol. The minimum absolute atomic E-state index is 0.224. The number of aryl methyl sites for hydroxylation is 2. The van der Waals surface area contributed by atoms with Crippen LogP contribution in [-0.2, 0) is 23.6 Å². The van der Waals surface area contributed by atoms with Gasteiger partial charge in [0.25, 0.3) is 0 Å². The lowest BCUT2D eigenvalue weighted by Crippen LogP contribution is -2.03. The molecule has 0 fully saturated rings. The van der Waals surface area contributed by atoms with Gasteiger partial charge in [-0.3, -0.25) is 4.21 Å². The first-order valence-electron chi connectivity index (χ1n) is 5.03. The fourth-order valence-corrected chi connectivity index (χ4v) is 2.57. The Morgan fingerprint density at radius 3 is 2.88 bits per heavy atom. The molecule has 1 aromatic carbocycles. The summed E-state index contributed by atoms with van der Waals surface area (Å²) in [4.78, 5) is 1.96. The van der Waals surface area contributed by atoms with E-state index in [1.807, 2.05) is 19.1 Å². The normalized spacial score (nSPS) is 12.6. The van der Waals surface area contributed by atoms with Crippen molar-refractivity contribution in [3.8, 4) is 0 Å². The maximum atomic E-state index is 12.1. The standard InChI is InChI=1S/C10H13N5OS/c1-7-3-4-8(11)9(5-7)17(16)6-10-12-14-15(2)13-10/h3-5H,6,11H2,1-2H3. The molecule has 1 unspecified atom stereocenters. The lowest BCUT2D eigenvalue weighted by Gasteiger charge is -2.04. The molecule has 0 radical (unpaired) electrons. The SMILES string of the molecule is Cc1ccc(N)c(S(=O)Cc2nnn(C)n2)c1. The van der Waals surface area contributed by atoms with Crippen molar-refractivity contribution in [2.75, 3.05) is 5.73 Å². The summed E-state index contributed by atoms with van der Waals surface area (Å²) in [5, 5.41) is 11.5. The second-order valence-electron chi connectivity index (χ2n) is 3.73. The average Bonchev–Trinajstić information content (AvgIpc) is 2.67. The van der Waals surface area contributed by atoms with E-state index in [1.54, 1.807) is 13.1 Å². The molecule has 6 nitrogen and oxygen atoms in total. The number of benzene rings is 1. The summed E-state index contributed by atoms with van der Waals surface area (Å²) in [5.74, 6) is 0.674. The molecule has 0 aliphatic rings. The fraction of sp³-hybridized carbons (Fsp3) is 0.300. The van der Waals surface area contributed by atoms with Crippen LogP contribution in [0.5, 0.6) is 0 Å². The van der Waals surface area contributed by atoms with E-state index in [4.69, 9.17) is 5.73 Å². The van der Waals surface area contributed by atoms with Crippen molar-refractivity contribution in [2.24, 2.45) is 7.05 Å². The molecule has 0 bridgehead atoms. The van der Waals surface area contributed by atoms with Gasteiger partial charge in [-0.05, 0) is 29.8 Å². The van der Waals surface area contributed by atoms with Crippen LogP contribution in [0.15, 0.2) is 23.1 Å². The molecule has 2 rings (SSSR count). The van der Waals surface area contributed by atoms with Crippen molar-refractivity contribution in [3.63, 3.8) is 0 Å². The minimum atomic E-state index is -1.25. The summed E-state index contributed by atoms with van der Waals surface area (Å²) in [6.45, 7) is 1.93. The number of nitrogens with two attached hydrogens (primary N) is 1. The van der Waals surface area contributed by atoms with Crippen molar-refractivity contribution in [1.29, 1.82) is 0 Å². The van der Waals surface area contributed by atoms with E-state index < -0.39 is 10.8 Å². The van der Waals surface area contributed by atoms with Gasteiger partial charge in [0.15, 0.2) is 5.82 Å². The van der Waals surface area contributed by atoms with E-state index in [0.29, 0.717) is 16.4 Å². The quantitative estimate of drug-likeness (QED) is 0.798. The van der Waals surface area contributed by atoms with E-state index in [0.717, 1.165) is 5.56 Å². The number of hydrogen-bond donors (Lipinski definition) is 1. The highest BCUT2D eigenvalue weighted by Gasteiger charge is 2.12. The Bertz CT molecular complexity index is 566. The number of aromatic nitrogens is 4. The fourth-order valence-electron chi connectivity index (χ4n) is 1.41. The maximum absolute atomic E-state index is 12.1. The monoisotopic (exact) mass is 251 g/mol. The Hall–Kier alpha value is -1.76. The maximum Gasteiger partial charge on any atom is 0.187 e. The van der Waals surface area contributed by atoms with Gasteiger partial charge in [0.1, 0.15) is 0 Å². The van der Waals surface area contributed by atoms with E-state index in [2.05, 4.69) is 15.4 Å². The van der Waals surface area contributed by atoms with Gasteiger partial charge in [0, 0.05) is 5.69 Å².